The van der Waals surface area contributed by atoms with E-state index in [2.05, 4.69) is 15.8 Å². The Morgan fingerprint density at radius 2 is 1.95 bits per heavy atom. The molecule has 2 fully saturated rings. The maximum Gasteiger partial charge on any atom is 0.265 e. The van der Waals surface area contributed by atoms with Crippen molar-refractivity contribution in [3.05, 3.63) is 29.8 Å². The molecular weight excluding hydrogens is 278 g/mol. The molecule has 2 aliphatic heterocycles. The Bertz CT molecular complexity index is 516. The number of methoxy groups -OCH3 is 1. The van der Waals surface area contributed by atoms with E-state index in [1.807, 2.05) is 18.2 Å². The molecule has 2 saturated heterocycles. The molecule has 5 heteroatoms. The molecule has 0 unspecified atom stereocenters. The Hall–Kier alpha value is -1.59. The molecule has 0 saturated carbocycles. The summed E-state index contributed by atoms with van der Waals surface area (Å²) in [5.74, 6) is 0.653. The van der Waals surface area contributed by atoms with Crippen LogP contribution in [0.15, 0.2) is 24.3 Å². The van der Waals surface area contributed by atoms with Crippen molar-refractivity contribution < 1.29 is 9.53 Å². The second-order valence-corrected chi connectivity index (χ2v) is 6.41. The highest BCUT2D eigenvalue weighted by Crippen LogP contribution is 2.39. The number of nitrogens with one attached hydrogen (secondary N) is 2. The number of hydrogen-bond acceptors (Lipinski definition) is 4. The first kappa shape index (κ1) is 15.3. The van der Waals surface area contributed by atoms with Crippen LogP contribution in [0.1, 0.15) is 36.0 Å². The first-order valence-electron chi connectivity index (χ1n) is 8.12. The van der Waals surface area contributed by atoms with E-state index < -0.39 is 0 Å². The fourth-order valence-corrected chi connectivity index (χ4v) is 3.52. The van der Waals surface area contributed by atoms with Crippen LogP contribution in [0.25, 0.3) is 0 Å². The van der Waals surface area contributed by atoms with Gasteiger partial charge >= 0.3 is 0 Å². The number of ether oxygens (including phenoxy) is 1. The van der Waals surface area contributed by atoms with E-state index >= 15 is 0 Å². The summed E-state index contributed by atoms with van der Waals surface area (Å²) in [7, 11) is 1.61. The van der Waals surface area contributed by atoms with Crippen molar-refractivity contribution >= 4 is 5.91 Å². The zero-order valence-electron chi connectivity index (χ0n) is 13.2. The number of hydrogen-bond donors (Lipinski definition) is 2. The average Bonchev–Trinajstić information content (AvgIpc) is 2.58. The summed E-state index contributed by atoms with van der Waals surface area (Å²) in [6, 6.07) is 7.27. The number of carbonyl (C=O) groups is 1. The molecule has 1 spiro atoms. The summed E-state index contributed by atoms with van der Waals surface area (Å²) in [6.45, 7) is 4.15. The van der Waals surface area contributed by atoms with Crippen LogP contribution in [0.2, 0.25) is 0 Å². The van der Waals surface area contributed by atoms with Gasteiger partial charge < -0.3 is 10.1 Å². The van der Waals surface area contributed by atoms with Crippen LogP contribution >= 0.6 is 0 Å². The van der Waals surface area contributed by atoms with Crippen LogP contribution in [0.5, 0.6) is 5.75 Å². The van der Waals surface area contributed by atoms with Gasteiger partial charge in [0.25, 0.3) is 5.91 Å². The first-order valence-corrected chi connectivity index (χ1v) is 8.12. The summed E-state index contributed by atoms with van der Waals surface area (Å²) in [5.41, 5.74) is 4.17. The minimum atomic E-state index is -0.0554. The Balaban J connectivity index is 1.54. The minimum Gasteiger partial charge on any atom is -0.497 e. The average molecular weight is 303 g/mol. The molecule has 1 aromatic carbocycles. The fourth-order valence-electron chi connectivity index (χ4n) is 3.52. The molecule has 0 aromatic heterocycles. The van der Waals surface area contributed by atoms with Gasteiger partial charge in [-0.2, -0.15) is 0 Å². The zero-order valence-corrected chi connectivity index (χ0v) is 13.2. The summed E-state index contributed by atoms with van der Waals surface area (Å²) >= 11 is 0. The molecule has 0 atom stereocenters. The predicted molar refractivity (Wildman–Crippen MR) is 85.8 cm³/mol. The Labute approximate surface area is 132 Å². The quantitative estimate of drug-likeness (QED) is 0.894. The molecule has 120 valence electrons. The highest BCUT2D eigenvalue weighted by molar-refractivity contribution is 5.94. The monoisotopic (exact) mass is 303 g/mol. The Morgan fingerprint density at radius 3 is 2.64 bits per heavy atom. The second kappa shape index (κ2) is 6.67. The van der Waals surface area contributed by atoms with Gasteiger partial charge in [0.2, 0.25) is 0 Å². The van der Waals surface area contributed by atoms with E-state index in [4.69, 9.17) is 4.74 Å². The van der Waals surface area contributed by atoms with Crippen molar-refractivity contribution in [3.8, 4) is 5.75 Å². The SMILES string of the molecule is COc1cccc(C(=O)NN2CCC3(CCNCC3)CC2)c1. The van der Waals surface area contributed by atoms with Crippen molar-refractivity contribution in [2.75, 3.05) is 33.3 Å². The molecule has 1 amide bonds. The zero-order chi connectivity index (χ0) is 15.4. The van der Waals surface area contributed by atoms with E-state index in [1.165, 1.54) is 25.7 Å². The number of carbonyl (C=O) groups excluding carboxylic acids is 1. The molecule has 0 aliphatic carbocycles. The van der Waals surface area contributed by atoms with Gasteiger partial charge in [-0.15, -0.1) is 0 Å². The van der Waals surface area contributed by atoms with E-state index in [9.17, 15) is 4.79 Å². The van der Waals surface area contributed by atoms with Crippen LogP contribution in [-0.2, 0) is 0 Å². The molecule has 2 N–H and O–H groups in total. The minimum absolute atomic E-state index is 0.0554. The van der Waals surface area contributed by atoms with Crippen LogP contribution in [-0.4, -0.2) is 44.2 Å². The number of hydrazine groups is 1. The molecule has 0 radical (unpaired) electrons. The standard InChI is InChI=1S/C17H25N3O2/c1-22-15-4-2-3-14(13-15)16(21)19-20-11-7-17(8-12-20)5-9-18-10-6-17/h2-4,13,18H,5-12H2,1H3,(H,19,21). The third kappa shape index (κ3) is 3.42. The normalized spacial score (nSPS) is 21.5. The second-order valence-electron chi connectivity index (χ2n) is 6.41. The van der Waals surface area contributed by atoms with Crippen LogP contribution < -0.4 is 15.5 Å². The number of amides is 1. The maximum absolute atomic E-state index is 12.3. The predicted octanol–water partition coefficient (Wildman–Crippen LogP) is 1.81. The van der Waals surface area contributed by atoms with Gasteiger partial charge in [0.1, 0.15) is 5.75 Å². The third-order valence-corrected chi connectivity index (χ3v) is 5.08. The highest BCUT2D eigenvalue weighted by Gasteiger charge is 2.35. The van der Waals surface area contributed by atoms with Gasteiger partial charge in [0, 0.05) is 18.7 Å². The first-order chi connectivity index (χ1) is 10.7. The molecule has 3 rings (SSSR count). The lowest BCUT2D eigenvalue weighted by molar-refractivity contribution is 0.0387. The fraction of sp³-hybridized carbons (Fsp3) is 0.588. The number of benzene rings is 1. The lowest BCUT2D eigenvalue weighted by Gasteiger charge is -2.44. The largest absolute Gasteiger partial charge is 0.497 e. The van der Waals surface area contributed by atoms with Crippen LogP contribution in [0.4, 0.5) is 0 Å². The lowest BCUT2D eigenvalue weighted by atomic mass is 9.72. The molecule has 2 heterocycles. The molecule has 5 nitrogen and oxygen atoms in total. The maximum atomic E-state index is 12.3. The highest BCUT2D eigenvalue weighted by atomic mass is 16.5. The van der Waals surface area contributed by atoms with Gasteiger partial charge in [-0.3, -0.25) is 10.2 Å². The van der Waals surface area contributed by atoms with Crippen molar-refractivity contribution in [3.63, 3.8) is 0 Å². The van der Waals surface area contributed by atoms with Gasteiger partial charge in [0.05, 0.1) is 7.11 Å². The molecule has 22 heavy (non-hydrogen) atoms. The van der Waals surface area contributed by atoms with E-state index in [-0.39, 0.29) is 5.91 Å². The van der Waals surface area contributed by atoms with Gasteiger partial charge in [-0.1, -0.05) is 6.07 Å². The van der Waals surface area contributed by atoms with E-state index in [1.54, 1.807) is 13.2 Å². The number of piperidine rings is 2. The van der Waals surface area contributed by atoms with Gasteiger partial charge in [-0.05, 0) is 62.4 Å². The summed E-state index contributed by atoms with van der Waals surface area (Å²) in [4.78, 5) is 12.3. The summed E-state index contributed by atoms with van der Waals surface area (Å²) < 4.78 is 5.17. The van der Waals surface area contributed by atoms with Crippen molar-refractivity contribution in [1.29, 1.82) is 0 Å². The van der Waals surface area contributed by atoms with Crippen LogP contribution in [0, 0.1) is 5.41 Å². The van der Waals surface area contributed by atoms with E-state index in [0.29, 0.717) is 16.7 Å². The summed E-state index contributed by atoms with van der Waals surface area (Å²) in [6.07, 6.45) is 4.88. The van der Waals surface area contributed by atoms with Crippen molar-refractivity contribution in [1.82, 2.24) is 15.8 Å². The molecular formula is C17H25N3O2. The molecule has 1 aromatic rings. The Kier molecular flexibility index (Phi) is 4.64. The lowest BCUT2D eigenvalue weighted by Crippen LogP contribution is -2.51. The summed E-state index contributed by atoms with van der Waals surface area (Å²) in [5, 5.41) is 5.50. The van der Waals surface area contributed by atoms with Gasteiger partial charge in [-0.25, -0.2) is 5.01 Å². The van der Waals surface area contributed by atoms with Crippen molar-refractivity contribution in [2.45, 2.75) is 25.7 Å². The molecule has 2 aliphatic rings. The number of nitrogens with zero attached hydrogens (tertiary/aromatic N) is 1. The topological polar surface area (TPSA) is 53.6 Å². The van der Waals surface area contributed by atoms with Crippen molar-refractivity contribution in [2.24, 2.45) is 5.41 Å². The number of rotatable bonds is 3. The smallest absolute Gasteiger partial charge is 0.265 e. The Morgan fingerprint density at radius 1 is 1.23 bits per heavy atom. The molecule has 0 bridgehead atoms. The van der Waals surface area contributed by atoms with E-state index in [0.717, 1.165) is 26.2 Å². The van der Waals surface area contributed by atoms with Gasteiger partial charge in [0.15, 0.2) is 0 Å². The third-order valence-electron chi connectivity index (χ3n) is 5.08. The van der Waals surface area contributed by atoms with Crippen LogP contribution in [0.3, 0.4) is 0 Å².